The molecule has 136 valence electrons. The van der Waals surface area contributed by atoms with Gasteiger partial charge in [-0.2, -0.15) is 5.26 Å². The number of benzene rings is 2. The number of nitriles is 1. The molecule has 0 spiro atoms. The summed E-state index contributed by atoms with van der Waals surface area (Å²) in [5.41, 5.74) is 2.39. The number of rotatable bonds is 4. The Kier molecular flexibility index (Phi) is 4.77. The fourth-order valence-electron chi connectivity index (χ4n) is 3.11. The number of Topliss-reactive ketones (excluding diaryl/α,β-unsaturated/α-hetero) is 1. The van der Waals surface area contributed by atoms with E-state index < -0.39 is 0 Å². The molecule has 0 saturated carbocycles. The molecule has 0 aliphatic carbocycles. The molecule has 2 heterocycles. The molecule has 2 aliphatic rings. The number of carbonyl (C=O) groups excluding carboxylic acids is 1. The predicted octanol–water partition coefficient (Wildman–Crippen LogP) is 3.04. The number of carbonyl (C=O) groups is 1. The Bertz CT molecular complexity index is 922. The zero-order valence-corrected chi connectivity index (χ0v) is 14.7. The molecule has 2 aromatic carbocycles. The molecule has 0 unspecified atom stereocenters. The largest absolute Gasteiger partial charge is 0.454 e. The van der Waals surface area contributed by atoms with E-state index in [-0.39, 0.29) is 18.1 Å². The van der Waals surface area contributed by atoms with E-state index in [0.717, 1.165) is 37.6 Å². The van der Waals surface area contributed by atoms with Crippen LogP contribution in [0.3, 0.4) is 0 Å². The average Bonchev–Trinajstić information content (AvgIpc) is 3.20. The van der Waals surface area contributed by atoms with E-state index in [1.54, 1.807) is 24.3 Å². The molecule has 0 aromatic heterocycles. The summed E-state index contributed by atoms with van der Waals surface area (Å²) in [5, 5.41) is 9.45. The minimum Gasteiger partial charge on any atom is -0.454 e. The molecule has 1 fully saturated rings. The summed E-state index contributed by atoms with van der Waals surface area (Å²) in [7, 11) is 0. The minimum absolute atomic E-state index is 0.0768. The SMILES string of the molecule is N#CC(=Cc1ccc(N2CCOCC2)cc1)C(=O)c1ccc2c(c1)OCO2. The van der Waals surface area contributed by atoms with Crippen molar-refractivity contribution in [3.8, 4) is 17.6 Å². The van der Waals surface area contributed by atoms with Gasteiger partial charge in [-0.25, -0.2) is 0 Å². The number of hydrogen-bond acceptors (Lipinski definition) is 6. The van der Waals surface area contributed by atoms with Crippen LogP contribution in [0.4, 0.5) is 5.69 Å². The minimum atomic E-state index is -0.340. The predicted molar refractivity (Wildman–Crippen MR) is 100.0 cm³/mol. The Morgan fingerprint density at radius 2 is 1.78 bits per heavy atom. The average molecular weight is 362 g/mol. The maximum atomic E-state index is 12.7. The first-order chi connectivity index (χ1) is 13.2. The van der Waals surface area contributed by atoms with Crippen LogP contribution >= 0.6 is 0 Å². The van der Waals surface area contributed by atoms with Gasteiger partial charge in [0.25, 0.3) is 0 Å². The molecule has 27 heavy (non-hydrogen) atoms. The van der Waals surface area contributed by atoms with Crippen molar-refractivity contribution in [3.05, 3.63) is 59.2 Å². The molecule has 0 bridgehead atoms. The third kappa shape index (κ3) is 3.64. The van der Waals surface area contributed by atoms with Crippen LogP contribution in [0.15, 0.2) is 48.0 Å². The molecular weight excluding hydrogens is 344 g/mol. The van der Waals surface area contributed by atoms with E-state index in [4.69, 9.17) is 14.2 Å². The second-order valence-electron chi connectivity index (χ2n) is 6.26. The van der Waals surface area contributed by atoms with Crippen molar-refractivity contribution >= 4 is 17.5 Å². The molecular formula is C21H18N2O4. The number of ether oxygens (including phenoxy) is 3. The summed E-state index contributed by atoms with van der Waals surface area (Å²) in [6.45, 7) is 3.32. The van der Waals surface area contributed by atoms with E-state index in [1.165, 1.54) is 0 Å². The second kappa shape index (κ2) is 7.52. The molecule has 0 N–H and O–H groups in total. The number of morpholine rings is 1. The van der Waals surface area contributed by atoms with Gasteiger partial charge in [-0.05, 0) is 42.0 Å². The number of allylic oxidation sites excluding steroid dienone is 1. The number of fused-ring (bicyclic) bond motifs is 1. The number of anilines is 1. The van der Waals surface area contributed by atoms with Gasteiger partial charge in [-0.3, -0.25) is 4.79 Å². The van der Waals surface area contributed by atoms with Gasteiger partial charge in [-0.1, -0.05) is 12.1 Å². The van der Waals surface area contributed by atoms with Crippen molar-refractivity contribution in [1.29, 1.82) is 5.26 Å². The van der Waals surface area contributed by atoms with Crippen LogP contribution in [0.2, 0.25) is 0 Å². The fraction of sp³-hybridized carbons (Fsp3) is 0.238. The smallest absolute Gasteiger partial charge is 0.231 e. The number of nitrogens with zero attached hydrogens (tertiary/aromatic N) is 2. The highest BCUT2D eigenvalue weighted by Crippen LogP contribution is 2.33. The molecule has 1 saturated heterocycles. The van der Waals surface area contributed by atoms with Gasteiger partial charge in [0.1, 0.15) is 11.6 Å². The fourth-order valence-corrected chi connectivity index (χ4v) is 3.11. The van der Waals surface area contributed by atoms with Crippen LogP contribution in [0, 0.1) is 11.3 Å². The summed E-state index contributed by atoms with van der Waals surface area (Å²) in [6, 6.07) is 14.8. The van der Waals surface area contributed by atoms with E-state index in [2.05, 4.69) is 4.90 Å². The summed E-state index contributed by atoms with van der Waals surface area (Å²) in [5.74, 6) is 0.786. The van der Waals surface area contributed by atoms with Crippen LogP contribution in [0.1, 0.15) is 15.9 Å². The first kappa shape index (κ1) is 17.1. The quantitative estimate of drug-likeness (QED) is 0.473. The molecule has 2 aliphatic heterocycles. The zero-order chi connectivity index (χ0) is 18.6. The zero-order valence-electron chi connectivity index (χ0n) is 14.7. The normalized spacial score (nSPS) is 16.1. The third-order valence-corrected chi connectivity index (χ3v) is 4.58. The highest BCUT2D eigenvalue weighted by Gasteiger charge is 2.18. The molecule has 0 atom stereocenters. The lowest BCUT2D eigenvalue weighted by Crippen LogP contribution is -2.36. The van der Waals surface area contributed by atoms with Gasteiger partial charge in [0, 0.05) is 24.3 Å². The van der Waals surface area contributed by atoms with Crippen LogP contribution < -0.4 is 14.4 Å². The summed E-state index contributed by atoms with van der Waals surface area (Å²) in [4.78, 5) is 14.9. The number of ketones is 1. The van der Waals surface area contributed by atoms with Crippen molar-refractivity contribution in [2.24, 2.45) is 0 Å². The Morgan fingerprint density at radius 3 is 2.52 bits per heavy atom. The Morgan fingerprint density at radius 1 is 1.04 bits per heavy atom. The van der Waals surface area contributed by atoms with Crippen LogP contribution in [-0.4, -0.2) is 38.9 Å². The first-order valence-electron chi connectivity index (χ1n) is 8.73. The van der Waals surface area contributed by atoms with Gasteiger partial charge in [0.15, 0.2) is 11.5 Å². The standard InChI is InChI=1S/C21H18N2O4/c22-13-17(21(24)16-3-6-19-20(12-16)27-14-26-19)11-15-1-4-18(5-2-15)23-7-9-25-10-8-23/h1-6,11-12H,7-10,14H2. The highest BCUT2D eigenvalue weighted by molar-refractivity contribution is 6.14. The van der Waals surface area contributed by atoms with Gasteiger partial charge in [0.05, 0.1) is 13.2 Å². The van der Waals surface area contributed by atoms with Crippen molar-refractivity contribution in [3.63, 3.8) is 0 Å². The molecule has 2 aromatic rings. The molecule has 0 radical (unpaired) electrons. The van der Waals surface area contributed by atoms with Gasteiger partial charge < -0.3 is 19.1 Å². The first-order valence-corrected chi connectivity index (χ1v) is 8.73. The lowest BCUT2D eigenvalue weighted by molar-refractivity contribution is 0.103. The molecule has 4 rings (SSSR count). The van der Waals surface area contributed by atoms with Crippen LogP contribution in [0.25, 0.3) is 6.08 Å². The van der Waals surface area contributed by atoms with Gasteiger partial charge in [0.2, 0.25) is 12.6 Å². The topological polar surface area (TPSA) is 71.8 Å². The maximum absolute atomic E-state index is 12.7. The Labute approximate surface area is 157 Å². The molecule has 6 heteroatoms. The van der Waals surface area contributed by atoms with Crippen LogP contribution in [0.5, 0.6) is 11.5 Å². The summed E-state index contributed by atoms with van der Waals surface area (Å²) < 4.78 is 15.9. The van der Waals surface area contributed by atoms with Crippen molar-refractivity contribution in [2.75, 3.05) is 38.0 Å². The van der Waals surface area contributed by atoms with Gasteiger partial charge in [-0.15, -0.1) is 0 Å². The summed E-state index contributed by atoms with van der Waals surface area (Å²) in [6.07, 6.45) is 1.61. The lowest BCUT2D eigenvalue weighted by atomic mass is 10.0. The van der Waals surface area contributed by atoms with Crippen LogP contribution in [-0.2, 0) is 4.74 Å². The van der Waals surface area contributed by atoms with Crippen molar-refractivity contribution in [1.82, 2.24) is 0 Å². The van der Waals surface area contributed by atoms with Gasteiger partial charge >= 0.3 is 0 Å². The summed E-state index contributed by atoms with van der Waals surface area (Å²) >= 11 is 0. The van der Waals surface area contributed by atoms with E-state index >= 15 is 0 Å². The highest BCUT2D eigenvalue weighted by atomic mass is 16.7. The maximum Gasteiger partial charge on any atom is 0.231 e. The lowest BCUT2D eigenvalue weighted by Gasteiger charge is -2.28. The Hall–Kier alpha value is -3.30. The third-order valence-electron chi connectivity index (χ3n) is 4.58. The van der Waals surface area contributed by atoms with E-state index in [1.807, 2.05) is 30.3 Å². The molecule has 6 nitrogen and oxygen atoms in total. The van der Waals surface area contributed by atoms with E-state index in [0.29, 0.717) is 17.1 Å². The van der Waals surface area contributed by atoms with Crippen molar-refractivity contribution < 1.29 is 19.0 Å². The Balaban J connectivity index is 1.54. The van der Waals surface area contributed by atoms with E-state index in [9.17, 15) is 10.1 Å². The van der Waals surface area contributed by atoms with Crippen molar-refractivity contribution in [2.45, 2.75) is 0 Å². The monoisotopic (exact) mass is 362 g/mol. The second-order valence-corrected chi connectivity index (χ2v) is 6.26. The molecule has 0 amide bonds. The number of hydrogen-bond donors (Lipinski definition) is 0.